The molecule has 1 atom stereocenters. The lowest BCUT2D eigenvalue weighted by molar-refractivity contribution is 0.161. The maximum absolute atomic E-state index is 5.83. The normalized spacial score (nSPS) is 12.8. The fourth-order valence-electron chi connectivity index (χ4n) is 2.06. The molecular formula is C15H27NO2. The van der Waals surface area contributed by atoms with Crippen LogP contribution in [-0.2, 0) is 11.3 Å². The summed E-state index contributed by atoms with van der Waals surface area (Å²) >= 11 is 0. The molecule has 0 spiro atoms. The summed E-state index contributed by atoms with van der Waals surface area (Å²) in [4.78, 5) is 0. The molecule has 0 saturated carbocycles. The van der Waals surface area contributed by atoms with Crippen LogP contribution >= 0.6 is 0 Å². The van der Waals surface area contributed by atoms with E-state index < -0.39 is 0 Å². The molecule has 18 heavy (non-hydrogen) atoms. The Balaban J connectivity index is 2.55. The number of rotatable bonds is 10. The van der Waals surface area contributed by atoms with Crippen molar-refractivity contribution in [1.82, 2.24) is 5.32 Å². The van der Waals surface area contributed by atoms with Crippen molar-refractivity contribution >= 4 is 0 Å². The summed E-state index contributed by atoms with van der Waals surface area (Å²) in [6.07, 6.45) is 6.09. The summed E-state index contributed by atoms with van der Waals surface area (Å²) in [6.45, 7) is 6.01. The molecule has 3 nitrogen and oxygen atoms in total. The Morgan fingerprint density at radius 3 is 2.72 bits per heavy atom. The highest BCUT2D eigenvalue weighted by Gasteiger charge is 2.14. The molecule has 1 N–H and O–H groups in total. The molecule has 0 radical (unpaired) electrons. The van der Waals surface area contributed by atoms with Crippen LogP contribution in [0.2, 0.25) is 0 Å². The van der Waals surface area contributed by atoms with Gasteiger partial charge in [-0.3, -0.25) is 0 Å². The van der Waals surface area contributed by atoms with Gasteiger partial charge < -0.3 is 14.5 Å². The molecule has 0 saturated heterocycles. The number of hydrogen-bond donors (Lipinski definition) is 1. The van der Waals surface area contributed by atoms with Gasteiger partial charge in [-0.2, -0.15) is 0 Å². The highest BCUT2D eigenvalue weighted by Crippen LogP contribution is 2.22. The molecule has 0 amide bonds. The molecule has 0 aliphatic rings. The summed E-state index contributed by atoms with van der Waals surface area (Å²) < 4.78 is 10.9. The molecular weight excluding hydrogens is 226 g/mol. The molecule has 1 rings (SSSR count). The Bertz CT molecular complexity index is 309. The lowest BCUT2D eigenvalue weighted by atomic mass is 10.1. The van der Waals surface area contributed by atoms with E-state index in [1.807, 2.05) is 6.07 Å². The van der Waals surface area contributed by atoms with Crippen molar-refractivity contribution < 1.29 is 9.15 Å². The third-order valence-electron chi connectivity index (χ3n) is 3.05. The smallest absolute Gasteiger partial charge is 0.129 e. The number of unbranched alkanes of at least 4 members (excludes halogenated alkanes) is 2. The number of furan rings is 1. The minimum absolute atomic E-state index is 0.349. The zero-order valence-corrected chi connectivity index (χ0v) is 12.0. The first-order valence-electron chi connectivity index (χ1n) is 7.12. The van der Waals surface area contributed by atoms with E-state index in [-0.39, 0.29) is 0 Å². The molecule has 104 valence electrons. The lowest BCUT2D eigenvalue weighted by Gasteiger charge is -2.16. The van der Waals surface area contributed by atoms with E-state index in [9.17, 15) is 0 Å². The molecule has 0 aliphatic carbocycles. The number of nitrogens with one attached hydrogen (secondary N) is 1. The standard InChI is InChI=1S/C15H27NO2/c1-4-6-7-8-14(16-11-5-2)15-10-9-13(18-15)12-17-3/h9-10,14,16H,4-8,11-12H2,1-3H3. The molecule has 0 aromatic carbocycles. The van der Waals surface area contributed by atoms with Crippen molar-refractivity contribution in [3.8, 4) is 0 Å². The van der Waals surface area contributed by atoms with E-state index in [2.05, 4.69) is 25.2 Å². The maximum Gasteiger partial charge on any atom is 0.129 e. The minimum atomic E-state index is 0.349. The Labute approximate surface area is 111 Å². The van der Waals surface area contributed by atoms with Crippen molar-refractivity contribution in [2.75, 3.05) is 13.7 Å². The summed E-state index contributed by atoms with van der Waals surface area (Å²) in [5, 5.41) is 3.57. The molecule has 1 aromatic heterocycles. The number of methoxy groups -OCH3 is 1. The zero-order chi connectivity index (χ0) is 13.2. The van der Waals surface area contributed by atoms with Crippen LogP contribution in [0.15, 0.2) is 16.5 Å². The topological polar surface area (TPSA) is 34.4 Å². The van der Waals surface area contributed by atoms with Crippen LogP contribution in [0.1, 0.15) is 63.5 Å². The van der Waals surface area contributed by atoms with Crippen molar-refractivity contribution in [3.63, 3.8) is 0 Å². The highest BCUT2D eigenvalue weighted by atomic mass is 16.5. The number of ether oxygens (including phenoxy) is 1. The van der Waals surface area contributed by atoms with Gasteiger partial charge in [-0.25, -0.2) is 0 Å². The van der Waals surface area contributed by atoms with Crippen molar-refractivity contribution in [2.24, 2.45) is 0 Å². The fourth-order valence-corrected chi connectivity index (χ4v) is 2.06. The first-order chi connectivity index (χ1) is 8.81. The van der Waals surface area contributed by atoms with Crippen LogP contribution in [0.4, 0.5) is 0 Å². The third-order valence-corrected chi connectivity index (χ3v) is 3.05. The van der Waals surface area contributed by atoms with E-state index in [0.717, 1.165) is 30.9 Å². The first kappa shape index (κ1) is 15.3. The second-order valence-corrected chi connectivity index (χ2v) is 4.74. The number of hydrogen-bond acceptors (Lipinski definition) is 3. The van der Waals surface area contributed by atoms with Crippen LogP contribution < -0.4 is 5.32 Å². The van der Waals surface area contributed by atoms with E-state index in [1.54, 1.807) is 7.11 Å². The van der Waals surface area contributed by atoms with Gasteiger partial charge in [0.05, 0.1) is 6.04 Å². The van der Waals surface area contributed by atoms with Gasteiger partial charge in [0.25, 0.3) is 0 Å². The van der Waals surface area contributed by atoms with Crippen molar-refractivity contribution in [3.05, 3.63) is 23.7 Å². The van der Waals surface area contributed by atoms with Gasteiger partial charge in [-0.15, -0.1) is 0 Å². The Morgan fingerprint density at radius 2 is 2.06 bits per heavy atom. The average Bonchev–Trinajstić information content (AvgIpc) is 2.82. The highest BCUT2D eigenvalue weighted by molar-refractivity contribution is 5.10. The van der Waals surface area contributed by atoms with Crippen LogP contribution in [0, 0.1) is 0 Å². The molecule has 0 bridgehead atoms. The van der Waals surface area contributed by atoms with E-state index in [4.69, 9.17) is 9.15 Å². The molecule has 3 heteroatoms. The van der Waals surface area contributed by atoms with Gasteiger partial charge in [0.15, 0.2) is 0 Å². The predicted molar refractivity (Wildman–Crippen MR) is 74.6 cm³/mol. The Morgan fingerprint density at radius 1 is 1.22 bits per heavy atom. The second-order valence-electron chi connectivity index (χ2n) is 4.74. The van der Waals surface area contributed by atoms with E-state index in [1.165, 1.54) is 19.3 Å². The largest absolute Gasteiger partial charge is 0.462 e. The summed E-state index contributed by atoms with van der Waals surface area (Å²) in [7, 11) is 1.69. The summed E-state index contributed by atoms with van der Waals surface area (Å²) in [5.74, 6) is 1.96. The first-order valence-corrected chi connectivity index (χ1v) is 7.12. The van der Waals surface area contributed by atoms with Gasteiger partial charge in [0.2, 0.25) is 0 Å². The van der Waals surface area contributed by atoms with Gasteiger partial charge in [0, 0.05) is 7.11 Å². The van der Waals surface area contributed by atoms with E-state index >= 15 is 0 Å². The van der Waals surface area contributed by atoms with Gasteiger partial charge >= 0.3 is 0 Å². The second kappa shape index (κ2) is 9.17. The fraction of sp³-hybridized carbons (Fsp3) is 0.733. The van der Waals surface area contributed by atoms with Gasteiger partial charge in [-0.1, -0.05) is 33.1 Å². The van der Waals surface area contributed by atoms with Gasteiger partial charge in [0.1, 0.15) is 18.1 Å². The van der Waals surface area contributed by atoms with E-state index in [0.29, 0.717) is 12.6 Å². The monoisotopic (exact) mass is 253 g/mol. The minimum Gasteiger partial charge on any atom is -0.462 e. The molecule has 0 fully saturated rings. The van der Waals surface area contributed by atoms with Crippen molar-refractivity contribution in [2.45, 2.75) is 58.6 Å². The SMILES string of the molecule is CCCCCC(NCCC)c1ccc(COC)o1. The zero-order valence-electron chi connectivity index (χ0n) is 12.0. The average molecular weight is 253 g/mol. The van der Waals surface area contributed by atoms with Crippen LogP contribution in [-0.4, -0.2) is 13.7 Å². The van der Waals surface area contributed by atoms with Crippen LogP contribution in [0.5, 0.6) is 0 Å². The van der Waals surface area contributed by atoms with Crippen LogP contribution in [0.3, 0.4) is 0 Å². The van der Waals surface area contributed by atoms with Gasteiger partial charge in [-0.05, 0) is 31.5 Å². The summed E-state index contributed by atoms with van der Waals surface area (Å²) in [5.41, 5.74) is 0. The molecule has 1 heterocycles. The molecule has 1 unspecified atom stereocenters. The predicted octanol–water partition coefficient (Wildman–Crippen LogP) is 4.05. The third kappa shape index (κ3) is 5.23. The Hall–Kier alpha value is -0.800. The molecule has 0 aliphatic heterocycles. The lowest BCUT2D eigenvalue weighted by Crippen LogP contribution is -2.21. The summed E-state index contributed by atoms with van der Waals surface area (Å²) in [6, 6.07) is 4.44. The van der Waals surface area contributed by atoms with Crippen molar-refractivity contribution in [1.29, 1.82) is 0 Å². The maximum atomic E-state index is 5.83. The van der Waals surface area contributed by atoms with Crippen LogP contribution in [0.25, 0.3) is 0 Å². The Kier molecular flexibility index (Phi) is 7.78. The molecule has 1 aromatic rings. The quantitative estimate of drug-likeness (QED) is 0.639.